The smallest absolute Gasteiger partial charge is 0.340 e. The molecule has 0 radical (unpaired) electrons. The average molecular weight is 426 g/mol. The Kier molecular flexibility index (Phi) is 8.15. The van der Waals surface area contributed by atoms with Crippen molar-refractivity contribution in [3.63, 3.8) is 0 Å². The first-order valence-electron chi connectivity index (χ1n) is 8.03. The Morgan fingerprint density at radius 1 is 1.04 bits per heavy atom. The Hall–Kier alpha value is -0.640. The van der Waals surface area contributed by atoms with E-state index in [1.165, 1.54) is 14.2 Å². The molecule has 10 nitrogen and oxygen atoms in total. The molecular formula is C15H24O10P2. The van der Waals surface area contributed by atoms with Gasteiger partial charge in [0.05, 0.1) is 13.2 Å². The summed E-state index contributed by atoms with van der Waals surface area (Å²) in [5.74, 6) is -1.27. The van der Waals surface area contributed by atoms with E-state index in [0.29, 0.717) is 0 Å². The zero-order valence-corrected chi connectivity index (χ0v) is 16.7. The zero-order valence-electron chi connectivity index (χ0n) is 14.9. The van der Waals surface area contributed by atoms with Gasteiger partial charge in [0.2, 0.25) is 0 Å². The second-order valence-electron chi connectivity index (χ2n) is 5.98. The predicted octanol–water partition coefficient (Wildman–Crippen LogP) is 1.30. The third kappa shape index (κ3) is 7.03. The summed E-state index contributed by atoms with van der Waals surface area (Å²) >= 11 is 0. The van der Waals surface area contributed by atoms with Crippen LogP contribution in [0.4, 0.5) is 0 Å². The van der Waals surface area contributed by atoms with Crippen LogP contribution in [0.1, 0.15) is 5.56 Å². The van der Waals surface area contributed by atoms with Crippen LogP contribution in [0.3, 0.4) is 0 Å². The Bertz CT molecular complexity index is 678. The summed E-state index contributed by atoms with van der Waals surface area (Å²) in [4.78, 5) is 27.3. The SMILES string of the molecule is COC1[C@H](OCc2ccccc2)O[C@H](COP(=O)(O)CP(=O)(O)O)[C@@H]1OC. The van der Waals surface area contributed by atoms with Gasteiger partial charge in [0.25, 0.3) is 0 Å². The Labute approximate surface area is 157 Å². The molecule has 1 aliphatic rings. The van der Waals surface area contributed by atoms with E-state index in [1.807, 2.05) is 30.3 Å². The first-order chi connectivity index (χ1) is 12.6. The molecule has 1 saturated heterocycles. The maximum Gasteiger partial charge on any atom is 0.340 e. The molecule has 0 aromatic heterocycles. The lowest BCUT2D eigenvalue weighted by Crippen LogP contribution is -2.38. The van der Waals surface area contributed by atoms with Crippen molar-refractivity contribution >= 4 is 15.2 Å². The van der Waals surface area contributed by atoms with E-state index >= 15 is 0 Å². The fourth-order valence-corrected chi connectivity index (χ4v) is 5.28. The molecule has 0 spiro atoms. The number of ether oxygens (including phenoxy) is 4. The molecule has 0 bridgehead atoms. The quantitative estimate of drug-likeness (QED) is 0.469. The van der Waals surface area contributed by atoms with Gasteiger partial charge in [-0.25, -0.2) is 0 Å². The molecule has 1 heterocycles. The van der Waals surface area contributed by atoms with Crippen LogP contribution in [0.2, 0.25) is 0 Å². The van der Waals surface area contributed by atoms with Crippen molar-refractivity contribution in [2.45, 2.75) is 31.2 Å². The lowest BCUT2D eigenvalue weighted by molar-refractivity contribution is -0.180. The van der Waals surface area contributed by atoms with Gasteiger partial charge in [-0.15, -0.1) is 0 Å². The molecule has 5 atom stereocenters. The molecular weight excluding hydrogens is 402 g/mol. The van der Waals surface area contributed by atoms with Crippen LogP contribution in [0.15, 0.2) is 30.3 Å². The lowest BCUT2D eigenvalue weighted by Gasteiger charge is -2.22. The highest BCUT2D eigenvalue weighted by atomic mass is 31.2. The van der Waals surface area contributed by atoms with Crippen molar-refractivity contribution in [1.29, 1.82) is 0 Å². The number of benzene rings is 1. The van der Waals surface area contributed by atoms with Gasteiger partial charge < -0.3 is 38.2 Å². The molecule has 154 valence electrons. The third-order valence-electron chi connectivity index (χ3n) is 3.87. The standard InChI is InChI=1S/C15H24O10P2/c1-21-13-12(9-24-27(19,20)10-26(16,17)18)25-15(14(13)22-2)23-8-11-6-4-3-5-7-11/h3-7,12-15H,8-10H2,1-2H3,(H,19,20)(H2,16,17,18)/t12-,13+,14?,15-/m1/s1. The fourth-order valence-electron chi connectivity index (χ4n) is 2.71. The first-order valence-corrected chi connectivity index (χ1v) is 11.6. The molecule has 12 heteroatoms. The molecule has 2 unspecified atom stereocenters. The van der Waals surface area contributed by atoms with Gasteiger partial charge in [-0.2, -0.15) is 0 Å². The van der Waals surface area contributed by atoms with E-state index in [9.17, 15) is 14.0 Å². The van der Waals surface area contributed by atoms with E-state index in [2.05, 4.69) is 0 Å². The second-order valence-corrected chi connectivity index (χ2v) is 9.97. The summed E-state index contributed by atoms with van der Waals surface area (Å²) in [5, 5.41) is 0. The summed E-state index contributed by atoms with van der Waals surface area (Å²) in [5.41, 5.74) is 0.922. The van der Waals surface area contributed by atoms with Crippen LogP contribution in [0.25, 0.3) is 0 Å². The van der Waals surface area contributed by atoms with Crippen LogP contribution in [-0.4, -0.2) is 66.0 Å². The van der Waals surface area contributed by atoms with Crippen molar-refractivity contribution in [2.75, 3.05) is 26.7 Å². The van der Waals surface area contributed by atoms with Crippen LogP contribution in [-0.2, 0) is 39.2 Å². The molecule has 1 fully saturated rings. The largest absolute Gasteiger partial charge is 0.376 e. The normalized spacial score (nSPS) is 28.2. The molecule has 3 N–H and O–H groups in total. The van der Waals surface area contributed by atoms with E-state index in [1.54, 1.807) is 0 Å². The van der Waals surface area contributed by atoms with Gasteiger partial charge in [-0.3, -0.25) is 9.13 Å². The molecule has 1 aliphatic heterocycles. The van der Waals surface area contributed by atoms with Gasteiger partial charge in [-0.05, 0) is 5.56 Å². The third-order valence-corrected chi connectivity index (χ3v) is 7.33. The number of rotatable bonds is 10. The van der Waals surface area contributed by atoms with Gasteiger partial charge in [0, 0.05) is 14.2 Å². The maximum absolute atomic E-state index is 11.8. The second kappa shape index (κ2) is 9.71. The van der Waals surface area contributed by atoms with Crippen molar-refractivity contribution in [3.8, 4) is 0 Å². The minimum atomic E-state index is -4.70. The highest BCUT2D eigenvalue weighted by Gasteiger charge is 2.47. The maximum atomic E-state index is 11.8. The van der Waals surface area contributed by atoms with Gasteiger partial charge >= 0.3 is 15.2 Å². The lowest BCUT2D eigenvalue weighted by atomic mass is 10.1. The average Bonchev–Trinajstić information content (AvgIpc) is 2.94. The summed E-state index contributed by atoms with van der Waals surface area (Å²) in [6.45, 7) is -0.163. The fraction of sp³-hybridized carbons (Fsp3) is 0.600. The van der Waals surface area contributed by atoms with Gasteiger partial charge in [0.1, 0.15) is 18.3 Å². The number of hydrogen-bond acceptors (Lipinski definition) is 7. The topological polar surface area (TPSA) is 141 Å². The Morgan fingerprint density at radius 2 is 1.67 bits per heavy atom. The van der Waals surface area contributed by atoms with Crippen LogP contribution in [0.5, 0.6) is 0 Å². The highest BCUT2D eigenvalue weighted by molar-refractivity contribution is 7.70. The first kappa shape index (κ1) is 22.6. The van der Waals surface area contributed by atoms with Crippen molar-refractivity contribution in [1.82, 2.24) is 0 Å². The molecule has 1 aromatic carbocycles. The van der Waals surface area contributed by atoms with Crippen LogP contribution >= 0.6 is 15.2 Å². The molecule has 27 heavy (non-hydrogen) atoms. The summed E-state index contributed by atoms with van der Waals surface area (Å²) in [7, 11) is -6.33. The van der Waals surface area contributed by atoms with E-state index in [0.717, 1.165) is 5.56 Å². The van der Waals surface area contributed by atoms with Gasteiger partial charge in [0.15, 0.2) is 12.2 Å². The molecule has 0 saturated carbocycles. The molecule has 0 amide bonds. The highest BCUT2D eigenvalue weighted by Crippen LogP contribution is 2.55. The van der Waals surface area contributed by atoms with Crippen LogP contribution < -0.4 is 0 Å². The minimum absolute atomic E-state index is 0.256. The van der Waals surface area contributed by atoms with Crippen molar-refractivity contribution in [2.24, 2.45) is 0 Å². The Balaban J connectivity index is 1.98. The predicted molar refractivity (Wildman–Crippen MR) is 94.2 cm³/mol. The van der Waals surface area contributed by atoms with Crippen molar-refractivity contribution < 1.29 is 47.3 Å². The monoisotopic (exact) mass is 426 g/mol. The summed E-state index contributed by atoms with van der Waals surface area (Å²) in [6, 6.07) is 9.39. The zero-order chi connectivity index (χ0) is 20.1. The van der Waals surface area contributed by atoms with E-state index < -0.39 is 52.3 Å². The van der Waals surface area contributed by atoms with E-state index in [4.69, 9.17) is 33.3 Å². The Morgan fingerprint density at radius 3 is 2.22 bits per heavy atom. The summed E-state index contributed by atoms with van der Waals surface area (Å²) in [6.07, 6.45) is -2.91. The summed E-state index contributed by atoms with van der Waals surface area (Å²) < 4.78 is 49.7. The molecule has 2 rings (SSSR count). The minimum Gasteiger partial charge on any atom is -0.376 e. The van der Waals surface area contributed by atoms with E-state index in [-0.39, 0.29) is 6.61 Å². The van der Waals surface area contributed by atoms with Crippen LogP contribution in [0, 0.1) is 0 Å². The van der Waals surface area contributed by atoms with Crippen molar-refractivity contribution in [3.05, 3.63) is 35.9 Å². The number of hydrogen-bond donors (Lipinski definition) is 3. The number of methoxy groups -OCH3 is 2. The molecule has 0 aliphatic carbocycles. The molecule has 1 aromatic rings. The van der Waals surface area contributed by atoms with Gasteiger partial charge in [-0.1, -0.05) is 30.3 Å².